The van der Waals surface area contributed by atoms with E-state index in [1.165, 1.54) is 25.2 Å². The fourth-order valence-electron chi connectivity index (χ4n) is 4.27. The van der Waals surface area contributed by atoms with Gasteiger partial charge in [-0.2, -0.15) is 31.4 Å². The summed E-state index contributed by atoms with van der Waals surface area (Å²) < 4.78 is 87.2. The van der Waals surface area contributed by atoms with Gasteiger partial charge >= 0.3 is 12.4 Å². The Morgan fingerprint density at radius 1 is 0.971 bits per heavy atom. The molecule has 0 spiro atoms. The van der Waals surface area contributed by atoms with Crippen molar-refractivity contribution in [2.75, 3.05) is 0 Å². The van der Waals surface area contributed by atoms with E-state index in [-0.39, 0.29) is 34.2 Å². The van der Waals surface area contributed by atoms with Crippen molar-refractivity contribution in [3.05, 3.63) is 52.7 Å². The van der Waals surface area contributed by atoms with E-state index in [9.17, 15) is 31.4 Å². The molecule has 11 heteroatoms. The van der Waals surface area contributed by atoms with Gasteiger partial charge in [-0.05, 0) is 61.6 Å². The molecule has 188 valence electrons. The molecule has 4 nitrogen and oxygen atoms in total. The topological polar surface area (TPSA) is 47.3 Å². The first kappa shape index (κ1) is 25.2. The third-order valence-electron chi connectivity index (χ3n) is 5.99. The van der Waals surface area contributed by atoms with Gasteiger partial charge in [-0.1, -0.05) is 24.1 Å². The number of phenolic OH excluding ortho intramolecular Hbond substituents is 1. The van der Waals surface area contributed by atoms with Gasteiger partial charge in [-0.15, -0.1) is 0 Å². The summed E-state index contributed by atoms with van der Waals surface area (Å²) in [4.78, 5) is 0. The number of aromatic hydroxyl groups is 1. The average Bonchev–Trinajstić information content (AvgIpc) is 3.17. The second-order valence-electron chi connectivity index (χ2n) is 8.44. The summed E-state index contributed by atoms with van der Waals surface area (Å²) in [6, 6.07) is 6.73. The molecule has 1 heterocycles. The summed E-state index contributed by atoms with van der Waals surface area (Å²) in [6.07, 6.45) is -5.28. The average molecular weight is 519 g/mol. The molecule has 0 aliphatic heterocycles. The van der Waals surface area contributed by atoms with Gasteiger partial charge in [0.2, 0.25) is 0 Å². The standard InChI is InChI=1S/C24H21ClF6N2O2/c1-33-18(12-20(32-33)24(29,30)31)15-8-10-19(35-14-5-3-2-4-6-14)21(22(15)34)13-7-9-17(25)16(11-13)23(26,27)28/h7-12,14,34H,2-6H2,1H3. The maximum absolute atomic E-state index is 13.5. The quantitative estimate of drug-likeness (QED) is 0.358. The number of aryl methyl sites for hydroxylation is 1. The Hall–Kier alpha value is -2.88. The Bertz CT molecular complexity index is 1230. The predicted octanol–water partition coefficient (Wildman–Crippen LogP) is 7.86. The largest absolute Gasteiger partial charge is 0.506 e. The third-order valence-corrected chi connectivity index (χ3v) is 6.32. The monoisotopic (exact) mass is 518 g/mol. The number of rotatable bonds is 4. The Morgan fingerprint density at radius 3 is 2.26 bits per heavy atom. The molecule has 3 aromatic rings. The number of benzene rings is 2. The van der Waals surface area contributed by atoms with E-state index in [1.54, 1.807) is 0 Å². The minimum Gasteiger partial charge on any atom is -0.506 e. The lowest BCUT2D eigenvalue weighted by Gasteiger charge is -2.25. The van der Waals surface area contributed by atoms with Crippen LogP contribution in [0.25, 0.3) is 22.4 Å². The molecule has 35 heavy (non-hydrogen) atoms. The van der Waals surface area contributed by atoms with Crippen molar-refractivity contribution >= 4 is 11.6 Å². The molecule has 1 fully saturated rings. The normalized spacial score (nSPS) is 15.4. The van der Waals surface area contributed by atoms with Gasteiger partial charge in [0.05, 0.1) is 27.9 Å². The second kappa shape index (κ2) is 9.29. The number of alkyl halides is 6. The summed E-state index contributed by atoms with van der Waals surface area (Å²) in [7, 11) is 1.28. The Balaban J connectivity index is 1.89. The summed E-state index contributed by atoms with van der Waals surface area (Å²) in [5.74, 6) is -0.391. The number of ether oxygens (including phenoxy) is 1. The SMILES string of the molecule is Cn1nc(C(F)(F)F)cc1-c1ccc(OC2CCCCC2)c(-c2ccc(Cl)c(C(F)(F)F)c2)c1O. The van der Waals surface area contributed by atoms with Crippen LogP contribution in [0.15, 0.2) is 36.4 Å². The van der Waals surface area contributed by atoms with Crippen molar-refractivity contribution in [3.63, 3.8) is 0 Å². The number of halogens is 7. The molecule has 1 aliphatic carbocycles. The maximum atomic E-state index is 13.5. The van der Waals surface area contributed by atoms with Crippen LogP contribution in [-0.4, -0.2) is 21.0 Å². The fourth-order valence-corrected chi connectivity index (χ4v) is 4.50. The van der Waals surface area contributed by atoms with E-state index in [0.29, 0.717) is 0 Å². The minimum absolute atomic E-state index is 0.0369. The van der Waals surface area contributed by atoms with E-state index in [4.69, 9.17) is 16.3 Å². The summed E-state index contributed by atoms with van der Waals surface area (Å²) in [6.45, 7) is 0. The van der Waals surface area contributed by atoms with Gasteiger partial charge in [0, 0.05) is 12.6 Å². The van der Waals surface area contributed by atoms with Gasteiger partial charge in [-0.25, -0.2) is 0 Å². The highest BCUT2D eigenvalue weighted by Crippen LogP contribution is 2.47. The first-order chi connectivity index (χ1) is 16.4. The summed E-state index contributed by atoms with van der Waals surface area (Å²) in [5, 5.41) is 14.1. The van der Waals surface area contributed by atoms with Gasteiger partial charge in [0.25, 0.3) is 0 Å². The predicted molar refractivity (Wildman–Crippen MR) is 118 cm³/mol. The highest BCUT2D eigenvalue weighted by atomic mass is 35.5. The lowest BCUT2D eigenvalue weighted by Crippen LogP contribution is -2.20. The molecule has 1 N–H and O–H groups in total. The molecule has 1 saturated carbocycles. The number of nitrogens with zero attached hydrogens (tertiary/aromatic N) is 2. The van der Waals surface area contributed by atoms with Crippen molar-refractivity contribution in [2.45, 2.75) is 50.6 Å². The smallest absolute Gasteiger partial charge is 0.435 e. The molecule has 0 unspecified atom stereocenters. The first-order valence-corrected chi connectivity index (χ1v) is 11.3. The van der Waals surface area contributed by atoms with E-state index in [1.807, 2.05) is 0 Å². The zero-order chi connectivity index (χ0) is 25.5. The van der Waals surface area contributed by atoms with Gasteiger partial charge in [0.15, 0.2) is 5.69 Å². The van der Waals surface area contributed by atoms with Gasteiger partial charge in [0.1, 0.15) is 11.5 Å². The van der Waals surface area contributed by atoms with E-state index in [2.05, 4.69) is 5.10 Å². The zero-order valence-electron chi connectivity index (χ0n) is 18.5. The molecular formula is C24H21ClF6N2O2. The van der Waals surface area contributed by atoms with E-state index >= 15 is 0 Å². The first-order valence-electron chi connectivity index (χ1n) is 10.9. The van der Waals surface area contributed by atoms with Crippen molar-refractivity contribution in [2.24, 2.45) is 7.05 Å². The molecule has 0 atom stereocenters. The van der Waals surface area contributed by atoms with Crippen LogP contribution in [0.4, 0.5) is 26.3 Å². The van der Waals surface area contributed by atoms with Crippen LogP contribution in [0.1, 0.15) is 43.4 Å². The molecule has 0 saturated heterocycles. The van der Waals surface area contributed by atoms with Crippen molar-refractivity contribution in [1.82, 2.24) is 9.78 Å². The zero-order valence-corrected chi connectivity index (χ0v) is 19.2. The molecule has 1 aliphatic rings. The highest BCUT2D eigenvalue weighted by molar-refractivity contribution is 6.31. The molecule has 4 rings (SSSR count). The van der Waals surface area contributed by atoms with E-state index < -0.39 is 34.4 Å². The van der Waals surface area contributed by atoms with E-state index in [0.717, 1.165) is 55.0 Å². The summed E-state index contributed by atoms with van der Waals surface area (Å²) in [5.41, 5.74) is -2.47. The van der Waals surface area contributed by atoms with Crippen LogP contribution < -0.4 is 4.74 Å². The number of hydrogen-bond donors (Lipinski definition) is 1. The lowest BCUT2D eigenvalue weighted by atomic mass is 9.95. The molecule has 2 aromatic carbocycles. The Labute approximate surface area is 202 Å². The molecule has 0 bridgehead atoms. The lowest BCUT2D eigenvalue weighted by molar-refractivity contribution is -0.141. The van der Waals surface area contributed by atoms with Crippen molar-refractivity contribution < 1.29 is 36.2 Å². The Morgan fingerprint density at radius 2 is 1.66 bits per heavy atom. The van der Waals surface area contributed by atoms with Crippen LogP contribution in [0, 0.1) is 0 Å². The molecule has 0 amide bonds. The number of aromatic nitrogens is 2. The summed E-state index contributed by atoms with van der Waals surface area (Å²) >= 11 is 5.77. The van der Waals surface area contributed by atoms with Crippen LogP contribution >= 0.6 is 11.6 Å². The van der Waals surface area contributed by atoms with Gasteiger partial charge < -0.3 is 9.84 Å². The molecule has 0 radical (unpaired) electrons. The van der Waals surface area contributed by atoms with Crippen LogP contribution in [-0.2, 0) is 19.4 Å². The number of hydrogen-bond acceptors (Lipinski definition) is 3. The van der Waals surface area contributed by atoms with Crippen LogP contribution in [0.5, 0.6) is 11.5 Å². The number of phenols is 1. The second-order valence-corrected chi connectivity index (χ2v) is 8.85. The molecular weight excluding hydrogens is 498 g/mol. The Kier molecular flexibility index (Phi) is 6.70. The van der Waals surface area contributed by atoms with Crippen molar-refractivity contribution in [1.29, 1.82) is 0 Å². The van der Waals surface area contributed by atoms with Crippen LogP contribution in [0.2, 0.25) is 5.02 Å². The van der Waals surface area contributed by atoms with Crippen molar-refractivity contribution in [3.8, 4) is 33.9 Å². The highest BCUT2D eigenvalue weighted by Gasteiger charge is 2.36. The fraction of sp³-hybridized carbons (Fsp3) is 0.375. The third kappa shape index (κ3) is 5.22. The minimum atomic E-state index is -4.76. The van der Waals surface area contributed by atoms with Crippen LogP contribution in [0.3, 0.4) is 0 Å². The van der Waals surface area contributed by atoms with Gasteiger partial charge in [-0.3, -0.25) is 4.68 Å². The maximum Gasteiger partial charge on any atom is 0.435 e. The molecule has 1 aromatic heterocycles.